The molecule has 1 heterocycles. The first kappa shape index (κ1) is 13.1. The fourth-order valence-electron chi connectivity index (χ4n) is 1.82. The lowest BCUT2D eigenvalue weighted by Crippen LogP contribution is -2.03. The number of aliphatic hydroxyl groups is 1. The number of hydrogen-bond acceptors (Lipinski definition) is 4. The zero-order valence-corrected chi connectivity index (χ0v) is 11.0. The van der Waals surface area contributed by atoms with Crippen molar-refractivity contribution in [1.82, 2.24) is 9.59 Å². The van der Waals surface area contributed by atoms with Gasteiger partial charge in [0.2, 0.25) is 0 Å². The number of aryl methyl sites for hydroxylation is 1. The third-order valence-corrected chi connectivity index (χ3v) is 3.58. The number of aliphatic hydroxyl groups excluding tert-OH is 1. The molecule has 1 aromatic heterocycles. The second kappa shape index (κ2) is 6.02. The quantitative estimate of drug-likeness (QED) is 0.905. The van der Waals surface area contributed by atoms with E-state index in [1.54, 1.807) is 12.1 Å². The molecule has 0 amide bonds. The van der Waals surface area contributed by atoms with Crippen LogP contribution in [0.5, 0.6) is 0 Å². The van der Waals surface area contributed by atoms with E-state index in [2.05, 4.69) is 16.5 Å². The summed E-state index contributed by atoms with van der Waals surface area (Å²) in [5, 5.41) is 14.2. The van der Waals surface area contributed by atoms with Crippen molar-refractivity contribution in [1.29, 1.82) is 0 Å². The Bertz CT molecular complexity index is 498. The van der Waals surface area contributed by atoms with E-state index in [-0.39, 0.29) is 5.82 Å². The highest BCUT2D eigenvalue weighted by atomic mass is 32.1. The Morgan fingerprint density at radius 2 is 2.06 bits per heavy atom. The Labute approximate surface area is 109 Å². The van der Waals surface area contributed by atoms with E-state index < -0.39 is 6.10 Å². The first-order valence-electron chi connectivity index (χ1n) is 5.94. The van der Waals surface area contributed by atoms with Crippen LogP contribution in [-0.4, -0.2) is 14.7 Å². The standard InChI is InChI=1S/C13H15FN2OS/c1-2-3-11-13(18-16-15-11)12(17)8-9-4-6-10(14)7-5-9/h4-7,12,17H,2-3,8H2,1H3. The zero-order valence-electron chi connectivity index (χ0n) is 10.1. The van der Waals surface area contributed by atoms with Crippen molar-refractivity contribution in [2.45, 2.75) is 32.3 Å². The molecule has 0 saturated heterocycles. The van der Waals surface area contributed by atoms with Crippen LogP contribution in [0.15, 0.2) is 24.3 Å². The highest BCUT2D eigenvalue weighted by Crippen LogP contribution is 2.24. The molecule has 1 atom stereocenters. The molecule has 1 N–H and O–H groups in total. The van der Waals surface area contributed by atoms with Gasteiger partial charge in [-0.25, -0.2) is 4.39 Å². The lowest BCUT2D eigenvalue weighted by Gasteiger charge is -2.09. The molecule has 0 aliphatic carbocycles. The third kappa shape index (κ3) is 3.11. The average Bonchev–Trinajstić information content (AvgIpc) is 2.81. The Kier molecular flexibility index (Phi) is 4.38. The van der Waals surface area contributed by atoms with Crippen LogP contribution in [-0.2, 0) is 12.8 Å². The van der Waals surface area contributed by atoms with Gasteiger partial charge in [0, 0.05) is 6.42 Å². The molecule has 0 saturated carbocycles. The molecule has 0 aliphatic rings. The third-order valence-electron chi connectivity index (χ3n) is 2.72. The molecule has 1 unspecified atom stereocenters. The summed E-state index contributed by atoms with van der Waals surface area (Å²) in [4.78, 5) is 0.821. The van der Waals surface area contributed by atoms with Gasteiger partial charge < -0.3 is 5.11 Å². The van der Waals surface area contributed by atoms with Crippen molar-refractivity contribution in [2.75, 3.05) is 0 Å². The van der Waals surface area contributed by atoms with Gasteiger partial charge in [-0.15, -0.1) is 5.10 Å². The summed E-state index contributed by atoms with van der Waals surface area (Å²) in [6, 6.07) is 6.18. The molecule has 96 valence electrons. The highest BCUT2D eigenvalue weighted by Gasteiger charge is 2.16. The van der Waals surface area contributed by atoms with E-state index in [4.69, 9.17) is 0 Å². The highest BCUT2D eigenvalue weighted by molar-refractivity contribution is 7.05. The van der Waals surface area contributed by atoms with Crippen molar-refractivity contribution < 1.29 is 9.50 Å². The molecule has 0 fully saturated rings. The molecule has 2 aromatic rings. The minimum absolute atomic E-state index is 0.264. The Morgan fingerprint density at radius 1 is 1.33 bits per heavy atom. The monoisotopic (exact) mass is 266 g/mol. The molecule has 5 heteroatoms. The lowest BCUT2D eigenvalue weighted by molar-refractivity contribution is 0.181. The molecule has 1 aromatic carbocycles. The van der Waals surface area contributed by atoms with Gasteiger partial charge in [-0.05, 0) is 35.6 Å². The predicted molar refractivity (Wildman–Crippen MR) is 69.0 cm³/mol. The van der Waals surface area contributed by atoms with Crippen molar-refractivity contribution in [2.24, 2.45) is 0 Å². The molecule has 0 aliphatic heterocycles. The Morgan fingerprint density at radius 3 is 2.72 bits per heavy atom. The van der Waals surface area contributed by atoms with Gasteiger partial charge in [-0.2, -0.15) is 0 Å². The maximum Gasteiger partial charge on any atom is 0.123 e. The molecule has 3 nitrogen and oxygen atoms in total. The van der Waals surface area contributed by atoms with Gasteiger partial charge in [0.15, 0.2) is 0 Å². The average molecular weight is 266 g/mol. The summed E-state index contributed by atoms with van der Waals surface area (Å²) in [5.41, 5.74) is 1.77. The van der Waals surface area contributed by atoms with Crippen LogP contribution in [0, 0.1) is 5.82 Å². The van der Waals surface area contributed by atoms with E-state index in [9.17, 15) is 9.50 Å². The first-order chi connectivity index (χ1) is 8.70. The van der Waals surface area contributed by atoms with Crippen LogP contribution < -0.4 is 0 Å². The van der Waals surface area contributed by atoms with Crippen molar-refractivity contribution in [3.63, 3.8) is 0 Å². The Hall–Kier alpha value is -1.33. The van der Waals surface area contributed by atoms with E-state index >= 15 is 0 Å². The number of hydrogen-bond donors (Lipinski definition) is 1. The number of rotatable bonds is 5. The second-order valence-electron chi connectivity index (χ2n) is 4.18. The van der Waals surface area contributed by atoms with Gasteiger partial charge in [0.25, 0.3) is 0 Å². The van der Waals surface area contributed by atoms with E-state index in [0.29, 0.717) is 6.42 Å². The number of aromatic nitrogens is 2. The van der Waals surface area contributed by atoms with Crippen LogP contribution in [0.4, 0.5) is 4.39 Å². The number of halogens is 1. The summed E-state index contributed by atoms with van der Waals surface area (Å²) in [5.74, 6) is -0.264. The molecular formula is C13H15FN2OS. The van der Waals surface area contributed by atoms with E-state index in [1.165, 1.54) is 23.7 Å². The van der Waals surface area contributed by atoms with Gasteiger partial charge in [0.1, 0.15) is 5.82 Å². The van der Waals surface area contributed by atoms with Crippen LogP contribution in [0.3, 0.4) is 0 Å². The summed E-state index contributed by atoms with van der Waals surface area (Å²) in [6.07, 6.45) is 1.64. The van der Waals surface area contributed by atoms with Crippen LogP contribution in [0.2, 0.25) is 0 Å². The molecule has 0 spiro atoms. The summed E-state index contributed by atoms with van der Waals surface area (Å²) < 4.78 is 16.7. The normalized spacial score (nSPS) is 12.6. The van der Waals surface area contributed by atoms with Crippen molar-refractivity contribution in [3.8, 4) is 0 Å². The maximum absolute atomic E-state index is 12.8. The first-order valence-corrected chi connectivity index (χ1v) is 6.71. The number of benzene rings is 1. The Balaban J connectivity index is 2.09. The van der Waals surface area contributed by atoms with Crippen molar-refractivity contribution in [3.05, 3.63) is 46.2 Å². The van der Waals surface area contributed by atoms with E-state index in [0.717, 1.165) is 29.0 Å². The van der Waals surface area contributed by atoms with Crippen LogP contribution in [0.25, 0.3) is 0 Å². The maximum atomic E-state index is 12.8. The smallest absolute Gasteiger partial charge is 0.123 e. The number of nitrogens with zero attached hydrogens (tertiary/aromatic N) is 2. The molecule has 0 radical (unpaired) electrons. The minimum atomic E-state index is -0.614. The predicted octanol–water partition coefficient (Wildman–Crippen LogP) is 2.91. The van der Waals surface area contributed by atoms with Crippen LogP contribution >= 0.6 is 11.5 Å². The van der Waals surface area contributed by atoms with Gasteiger partial charge >= 0.3 is 0 Å². The topological polar surface area (TPSA) is 46.0 Å². The molecule has 2 rings (SSSR count). The molecule has 18 heavy (non-hydrogen) atoms. The van der Waals surface area contributed by atoms with E-state index in [1.807, 2.05) is 0 Å². The van der Waals surface area contributed by atoms with Gasteiger partial charge in [0.05, 0.1) is 16.7 Å². The lowest BCUT2D eigenvalue weighted by atomic mass is 10.0. The summed E-state index contributed by atoms with van der Waals surface area (Å²) in [7, 11) is 0. The fourth-order valence-corrected chi connectivity index (χ4v) is 2.50. The van der Waals surface area contributed by atoms with Crippen molar-refractivity contribution >= 4 is 11.5 Å². The van der Waals surface area contributed by atoms with Gasteiger partial charge in [-0.3, -0.25) is 0 Å². The summed E-state index contributed by atoms with van der Waals surface area (Å²) in [6.45, 7) is 2.06. The molecule has 0 bridgehead atoms. The van der Waals surface area contributed by atoms with Crippen LogP contribution in [0.1, 0.15) is 35.6 Å². The fraction of sp³-hybridized carbons (Fsp3) is 0.385. The zero-order chi connectivity index (χ0) is 13.0. The SMILES string of the molecule is CCCc1nnsc1C(O)Cc1ccc(F)cc1. The second-order valence-corrected chi connectivity index (χ2v) is 4.97. The minimum Gasteiger partial charge on any atom is -0.387 e. The summed E-state index contributed by atoms with van der Waals surface area (Å²) >= 11 is 1.23. The largest absolute Gasteiger partial charge is 0.387 e. The molecular weight excluding hydrogens is 251 g/mol. The van der Waals surface area contributed by atoms with Gasteiger partial charge in [-0.1, -0.05) is 30.0 Å².